The third-order valence-corrected chi connectivity index (χ3v) is 1.82. The Morgan fingerprint density at radius 3 is 2.67 bits per heavy atom. The van der Waals surface area contributed by atoms with Crippen LogP contribution < -0.4 is 4.74 Å². The van der Waals surface area contributed by atoms with Crippen molar-refractivity contribution in [2.24, 2.45) is 0 Å². The van der Waals surface area contributed by atoms with Crippen molar-refractivity contribution in [1.29, 1.82) is 5.26 Å². The van der Waals surface area contributed by atoms with Crippen LogP contribution in [0.1, 0.15) is 11.1 Å². The standard InChI is InChI=1S/C11H6F3NO3/c12-8-3-6(1-2-10(16)17)4-9(7(8)5-15)18-11(13)14/h1-4,11H,(H,16,17)/b2-1+. The highest BCUT2D eigenvalue weighted by atomic mass is 19.3. The summed E-state index contributed by atoms with van der Waals surface area (Å²) >= 11 is 0. The van der Waals surface area contributed by atoms with Crippen molar-refractivity contribution in [1.82, 2.24) is 0 Å². The number of nitriles is 1. The van der Waals surface area contributed by atoms with Crippen molar-refractivity contribution in [2.75, 3.05) is 0 Å². The van der Waals surface area contributed by atoms with Crippen molar-refractivity contribution >= 4 is 12.0 Å². The largest absolute Gasteiger partial charge is 0.478 e. The fraction of sp³-hybridized carbons (Fsp3) is 0.0909. The average molecular weight is 257 g/mol. The molecule has 0 aromatic heterocycles. The summed E-state index contributed by atoms with van der Waals surface area (Å²) in [4.78, 5) is 10.3. The topological polar surface area (TPSA) is 70.3 Å². The molecule has 0 aliphatic heterocycles. The maximum atomic E-state index is 13.4. The Balaban J connectivity index is 3.22. The van der Waals surface area contributed by atoms with Gasteiger partial charge in [0.1, 0.15) is 23.2 Å². The van der Waals surface area contributed by atoms with Crippen LogP contribution in [0.2, 0.25) is 0 Å². The predicted octanol–water partition coefficient (Wildman–Crippen LogP) is 2.40. The normalized spacial score (nSPS) is 10.6. The minimum Gasteiger partial charge on any atom is -0.478 e. The number of carboxylic acid groups (broad SMARTS) is 1. The summed E-state index contributed by atoms with van der Waals surface area (Å²) in [6, 6.07) is 3.18. The lowest BCUT2D eigenvalue weighted by Crippen LogP contribution is -2.05. The van der Waals surface area contributed by atoms with Crippen LogP contribution in [0.4, 0.5) is 13.2 Å². The molecule has 0 unspecified atom stereocenters. The molecule has 7 heteroatoms. The predicted molar refractivity (Wildman–Crippen MR) is 54.4 cm³/mol. The van der Waals surface area contributed by atoms with Crippen molar-refractivity contribution in [3.05, 3.63) is 35.2 Å². The van der Waals surface area contributed by atoms with Gasteiger partial charge in [0.15, 0.2) is 0 Å². The Kier molecular flexibility index (Phi) is 4.32. The molecule has 0 fully saturated rings. The molecule has 1 aromatic rings. The maximum absolute atomic E-state index is 13.4. The van der Waals surface area contributed by atoms with Gasteiger partial charge in [-0.2, -0.15) is 14.0 Å². The van der Waals surface area contributed by atoms with Gasteiger partial charge in [-0.15, -0.1) is 0 Å². The van der Waals surface area contributed by atoms with E-state index in [1.165, 1.54) is 6.07 Å². The lowest BCUT2D eigenvalue weighted by atomic mass is 10.1. The van der Waals surface area contributed by atoms with Gasteiger partial charge in [-0.05, 0) is 23.8 Å². The highest BCUT2D eigenvalue weighted by Gasteiger charge is 2.15. The van der Waals surface area contributed by atoms with Crippen molar-refractivity contribution in [3.8, 4) is 11.8 Å². The number of aliphatic carboxylic acids is 1. The molecular weight excluding hydrogens is 251 g/mol. The first-order chi connectivity index (χ1) is 8.43. The molecule has 0 amide bonds. The zero-order valence-electron chi connectivity index (χ0n) is 8.73. The highest BCUT2D eigenvalue weighted by Crippen LogP contribution is 2.25. The summed E-state index contributed by atoms with van der Waals surface area (Å²) in [5.74, 6) is -2.99. The van der Waals surface area contributed by atoms with E-state index in [2.05, 4.69) is 4.74 Å². The van der Waals surface area contributed by atoms with Crippen molar-refractivity contribution in [2.45, 2.75) is 6.61 Å². The van der Waals surface area contributed by atoms with E-state index in [1.54, 1.807) is 0 Å². The summed E-state index contributed by atoms with van der Waals surface area (Å²) in [6.45, 7) is -3.21. The van der Waals surface area contributed by atoms with Gasteiger partial charge in [0.2, 0.25) is 0 Å². The van der Waals surface area contributed by atoms with Crippen LogP contribution in [0.3, 0.4) is 0 Å². The lowest BCUT2D eigenvalue weighted by molar-refractivity contribution is -0.131. The zero-order chi connectivity index (χ0) is 13.7. The SMILES string of the molecule is N#Cc1c(F)cc(/C=C/C(=O)O)cc1OC(F)F. The van der Waals surface area contributed by atoms with Gasteiger partial charge in [-0.3, -0.25) is 0 Å². The van der Waals surface area contributed by atoms with Crippen LogP contribution in [0.25, 0.3) is 6.08 Å². The molecule has 4 nitrogen and oxygen atoms in total. The number of nitrogens with zero attached hydrogens (tertiary/aromatic N) is 1. The van der Waals surface area contributed by atoms with E-state index < -0.39 is 29.7 Å². The molecule has 0 spiro atoms. The smallest absolute Gasteiger partial charge is 0.387 e. The van der Waals surface area contributed by atoms with Crippen molar-refractivity contribution < 1.29 is 27.8 Å². The second-order valence-electron chi connectivity index (χ2n) is 3.04. The number of halogens is 3. The Hall–Kier alpha value is -2.49. The lowest BCUT2D eigenvalue weighted by Gasteiger charge is -2.08. The van der Waals surface area contributed by atoms with E-state index in [1.807, 2.05) is 0 Å². The Morgan fingerprint density at radius 2 is 2.17 bits per heavy atom. The molecule has 0 aliphatic rings. The number of alkyl halides is 2. The van der Waals surface area contributed by atoms with E-state index in [4.69, 9.17) is 10.4 Å². The minimum atomic E-state index is -3.21. The fourth-order valence-corrected chi connectivity index (χ4v) is 1.16. The summed E-state index contributed by atoms with van der Waals surface area (Å²) < 4.78 is 41.4. The van der Waals surface area contributed by atoms with E-state index in [0.29, 0.717) is 6.08 Å². The zero-order valence-corrected chi connectivity index (χ0v) is 8.73. The fourth-order valence-electron chi connectivity index (χ4n) is 1.16. The van der Waals surface area contributed by atoms with Crippen LogP contribution in [-0.2, 0) is 4.79 Å². The van der Waals surface area contributed by atoms with Gasteiger partial charge in [0.25, 0.3) is 0 Å². The molecule has 0 saturated carbocycles. The number of carboxylic acids is 1. The molecule has 0 aliphatic carbocycles. The number of hydrogen-bond acceptors (Lipinski definition) is 3. The average Bonchev–Trinajstić information content (AvgIpc) is 2.25. The van der Waals surface area contributed by atoms with Crippen LogP contribution in [0.15, 0.2) is 18.2 Å². The van der Waals surface area contributed by atoms with Gasteiger partial charge in [-0.25, -0.2) is 9.18 Å². The number of ether oxygens (including phenoxy) is 1. The quantitative estimate of drug-likeness (QED) is 0.841. The molecule has 0 radical (unpaired) electrons. The molecular formula is C11H6F3NO3. The monoisotopic (exact) mass is 257 g/mol. The Morgan fingerprint density at radius 1 is 1.50 bits per heavy atom. The molecule has 18 heavy (non-hydrogen) atoms. The summed E-state index contributed by atoms with van der Waals surface area (Å²) in [5.41, 5.74) is -0.674. The molecule has 1 rings (SSSR count). The van der Waals surface area contributed by atoms with E-state index >= 15 is 0 Å². The minimum absolute atomic E-state index is 0.00968. The molecule has 0 bridgehead atoms. The first-order valence-corrected chi connectivity index (χ1v) is 4.53. The third kappa shape index (κ3) is 3.52. The summed E-state index contributed by atoms with van der Waals surface area (Å²) in [7, 11) is 0. The van der Waals surface area contributed by atoms with E-state index in [-0.39, 0.29) is 5.56 Å². The number of benzene rings is 1. The van der Waals surface area contributed by atoms with E-state index in [9.17, 15) is 18.0 Å². The first kappa shape index (κ1) is 13.6. The van der Waals surface area contributed by atoms with Crippen LogP contribution >= 0.6 is 0 Å². The maximum Gasteiger partial charge on any atom is 0.387 e. The molecule has 0 heterocycles. The summed E-state index contributed by atoms with van der Waals surface area (Å²) in [6.07, 6.45) is 1.69. The van der Waals surface area contributed by atoms with Crippen LogP contribution in [-0.4, -0.2) is 17.7 Å². The first-order valence-electron chi connectivity index (χ1n) is 4.53. The Labute approximate surface area is 99.5 Å². The van der Waals surface area contributed by atoms with Crippen LogP contribution in [0.5, 0.6) is 5.75 Å². The second-order valence-corrected chi connectivity index (χ2v) is 3.04. The molecule has 94 valence electrons. The van der Waals surface area contributed by atoms with Gasteiger partial charge in [0.05, 0.1) is 0 Å². The molecule has 0 atom stereocenters. The molecule has 1 N–H and O–H groups in total. The van der Waals surface area contributed by atoms with E-state index in [0.717, 1.165) is 18.2 Å². The van der Waals surface area contributed by atoms with Crippen LogP contribution in [0, 0.1) is 17.1 Å². The van der Waals surface area contributed by atoms with Gasteiger partial charge >= 0.3 is 12.6 Å². The van der Waals surface area contributed by atoms with Gasteiger partial charge in [0, 0.05) is 6.08 Å². The third-order valence-electron chi connectivity index (χ3n) is 1.82. The molecule has 0 saturated heterocycles. The Bertz CT molecular complexity index is 535. The number of hydrogen-bond donors (Lipinski definition) is 1. The van der Waals surface area contributed by atoms with Gasteiger partial charge in [-0.1, -0.05) is 0 Å². The van der Waals surface area contributed by atoms with Crippen molar-refractivity contribution in [3.63, 3.8) is 0 Å². The highest BCUT2D eigenvalue weighted by molar-refractivity contribution is 5.85. The number of rotatable bonds is 4. The summed E-state index contributed by atoms with van der Waals surface area (Å²) in [5, 5.41) is 17.0. The second kappa shape index (κ2) is 5.72. The van der Waals surface area contributed by atoms with Gasteiger partial charge < -0.3 is 9.84 Å². The molecule has 1 aromatic carbocycles. The number of carbonyl (C=O) groups is 1.